The topological polar surface area (TPSA) is 71.3 Å². The van der Waals surface area contributed by atoms with Crippen molar-refractivity contribution < 1.29 is 14.0 Å². The molecule has 1 aliphatic rings. The van der Waals surface area contributed by atoms with Crippen molar-refractivity contribution in [2.45, 2.75) is 18.9 Å². The minimum atomic E-state index is -0.510. The largest absolute Gasteiger partial charge is 0.469 e. The minimum Gasteiger partial charge on any atom is -0.469 e. The highest BCUT2D eigenvalue weighted by molar-refractivity contribution is 6.00. The molecular formula is C16H16N2O3. The maximum atomic E-state index is 12.1. The molecule has 108 valence electrons. The van der Waals surface area contributed by atoms with Gasteiger partial charge in [0.2, 0.25) is 5.91 Å². The van der Waals surface area contributed by atoms with Gasteiger partial charge in [0.25, 0.3) is 5.91 Å². The molecule has 5 nitrogen and oxygen atoms in total. The zero-order chi connectivity index (χ0) is 14.7. The van der Waals surface area contributed by atoms with Gasteiger partial charge in [-0.3, -0.25) is 9.59 Å². The van der Waals surface area contributed by atoms with Crippen molar-refractivity contribution in [1.29, 1.82) is 0 Å². The van der Waals surface area contributed by atoms with E-state index >= 15 is 0 Å². The molecule has 0 radical (unpaired) electrons. The Morgan fingerprint density at radius 2 is 2.14 bits per heavy atom. The first-order valence-electron chi connectivity index (χ1n) is 6.93. The maximum Gasteiger partial charge on any atom is 0.252 e. The lowest BCUT2D eigenvalue weighted by Crippen LogP contribution is -2.51. The highest BCUT2D eigenvalue weighted by atomic mass is 16.3. The van der Waals surface area contributed by atoms with Crippen LogP contribution < -0.4 is 10.6 Å². The molecule has 2 aromatic rings. The van der Waals surface area contributed by atoms with Crippen LogP contribution >= 0.6 is 0 Å². The summed E-state index contributed by atoms with van der Waals surface area (Å²) in [5.74, 6) is 0.473. The predicted octanol–water partition coefficient (Wildman–Crippen LogP) is 1.29. The highest BCUT2D eigenvalue weighted by Gasteiger charge is 2.28. The van der Waals surface area contributed by atoms with Gasteiger partial charge in [-0.2, -0.15) is 0 Å². The molecule has 0 aliphatic carbocycles. The third-order valence-electron chi connectivity index (χ3n) is 3.56. The maximum absolute atomic E-state index is 12.1. The molecule has 1 unspecified atom stereocenters. The molecule has 2 amide bonds. The van der Waals surface area contributed by atoms with Crippen LogP contribution in [0.4, 0.5) is 0 Å². The van der Waals surface area contributed by atoms with E-state index < -0.39 is 6.04 Å². The Labute approximate surface area is 122 Å². The molecule has 2 heterocycles. The molecule has 1 atom stereocenters. The predicted molar refractivity (Wildman–Crippen MR) is 76.8 cm³/mol. The molecule has 1 aromatic heterocycles. The third-order valence-corrected chi connectivity index (χ3v) is 3.56. The number of hydrogen-bond acceptors (Lipinski definition) is 3. The number of fused-ring (bicyclic) bond motifs is 1. The zero-order valence-electron chi connectivity index (χ0n) is 11.5. The monoisotopic (exact) mass is 284 g/mol. The molecule has 5 heteroatoms. The Morgan fingerprint density at radius 3 is 2.95 bits per heavy atom. The summed E-state index contributed by atoms with van der Waals surface area (Å²) in [5.41, 5.74) is 1.56. The number of carbonyl (C=O) groups is 2. The van der Waals surface area contributed by atoms with E-state index in [2.05, 4.69) is 10.6 Å². The van der Waals surface area contributed by atoms with Crippen molar-refractivity contribution in [1.82, 2.24) is 10.6 Å². The fourth-order valence-corrected chi connectivity index (χ4v) is 2.47. The first-order valence-corrected chi connectivity index (χ1v) is 6.93. The normalized spacial score (nSPS) is 17.0. The fraction of sp³-hybridized carbons (Fsp3) is 0.250. The Bertz CT molecular complexity index is 649. The summed E-state index contributed by atoms with van der Waals surface area (Å²) < 4.78 is 5.20. The average molecular weight is 284 g/mol. The van der Waals surface area contributed by atoms with E-state index in [9.17, 15) is 9.59 Å². The summed E-state index contributed by atoms with van der Waals surface area (Å²) in [7, 11) is 0. The highest BCUT2D eigenvalue weighted by Crippen LogP contribution is 2.16. The van der Waals surface area contributed by atoms with Gasteiger partial charge in [-0.15, -0.1) is 0 Å². The van der Waals surface area contributed by atoms with Gasteiger partial charge >= 0.3 is 0 Å². The van der Waals surface area contributed by atoms with E-state index in [1.54, 1.807) is 12.3 Å². The molecule has 1 aromatic carbocycles. The van der Waals surface area contributed by atoms with E-state index in [0.29, 0.717) is 24.9 Å². The number of carbonyl (C=O) groups excluding carboxylic acids is 2. The van der Waals surface area contributed by atoms with E-state index in [4.69, 9.17) is 4.42 Å². The standard InChI is InChI=1S/C16H16N2O3/c19-15-13-6-2-1-4-11(13)10-14(18-15)16(20)17-8-7-12-5-3-9-21-12/h1-6,9,14H,7-8,10H2,(H,17,20)(H,18,19). The number of furan rings is 1. The van der Waals surface area contributed by atoms with Crippen molar-refractivity contribution in [3.8, 4) is 0 Å². The second-order valence-corrected chi connectivity index (χ2v) is 5.01. The molecule has 21 heavy (non-hydrogen) atoms. The third kappa shape index (κ3) is 2.97. The Kier molecular flexibility index (Phi) is 3.73. The zero-order valence-corrected chi connectivity index (χ0v) is 11.5. The summed E-state index contributed by atoms with van der Waals surface area (Å²) >= 11 is 0. The SMILES string of the molecule is O=C1NC(C(=O)NCCc2ccco2)Cc2ccccc21. The lowest BCUT2D eigenvalue weighted by Gasteiger charge is -2.24. The Hall–Kier alpha value is -2.56. The van der Waals surface area contributed by atoms with Crippen LogP contribution in [0.2, 0.25) is 0 Å². The van der Waals surface area contributed by atoms with Crippen LogP contribution in [0.5, 0.6) is 0 Å². The van der Waals surface area contributed by atoms with Gasteiger partial charge in [0.1, 0.15) is 11.8 Å². The van der Waals surface area contributed by atoms with Gasteiger partial charge in [0.15, 0.2) is 0 Å². The van der Waals surface area contributed by atoms with Gasteiger partial charge in [-0.05, 0) is 23.8 Å². The molecule has 0 spiro atoms. The van der Waals surface area contributed by atoms with Gasteiger partial charge in [0.05, 0.1) is 6.26 Å². The molecule has 1 aliphatic heterocycles. The lowest BCUT2D eigenvalue weighted by molar-refractivity contribution is -0.123. The van der Waals surface area contributed by atoms with Crippen LogP contribution in [0, 0.1) is 0 Å². The molecule has 0 saturated carbocycles. The van der Waals surface area contributed by atoms with Crippen LogP contribution in [0.1, 0.15) is 21.7 Å². The Morgan fingerprint density at radius 1 is 1.29 bits per heavy atom. The van der Waals surface area contributed by atoms with Crippen molar-refractivity contribution in [2.24, 2.45) is 0 Å². The summed E-state index contributed by atoms with van der Waals surface area (Å²) in [6.45, 7) is 0.486. The second kappa shape index (κ2) is 5.83. The number of rotatable bonds is 4. The Balaban J connectivity index is 1.58. The van der Waals surface area contributed by atoms with E-state index in [-0.39, 0.29) is 11.8 Å². The molecular weight excluding hydrogens is 268 g/mol. The first-order chi connectivity index (χ1) is 10.2. The molecule has 0 bridgehead atoms. The van der Waals surface area contributed by atoms with Gasteiger partial charge in [-0.1, -0.05) is 18.2 Å². The number of nitrogens with one attached hydrogen (secondary N) is 2. The minimum absolute atomic E-state index is 0.163. The quantitative estimate of drug-likeness (QED) is 0.888. The summed E-state index contributed by atoms with van der Waals surface area (Å²) in [6.07, 6.45) is 2.76. The number of amides is 2. The van der Waals surface area contributed by atoms with Crippen molar-refractivity contribution in [2.75, 3.05) is 6.54 Å². The second-order valence-electron chi connectivity index (χ2n) is 5.01. The summed E-state index contributed by atoms with van der Waals surface area (Å²) in [6, 6.07) is 10.5. The van der Waals surface area contributed by atoms with Crippen LogP contribution in [0.25, 0.3) is 0 Å². The molecule has 2 N–H and O–H groups in total. The average Bonchev–Trinajstić information content (AvgIpc) is 3.00. The fourth-order valence-electron chi connectivity index (χ4n) is 2.47. The van der Waals surface area contributed by atoms with Gasteiger partial charge in [-0.25, -0.2) is 0 Å². The number of hydrogen-bond donors (Lipinski definition) is 2. The van der Waals surface area contributed by atoms with E-state index in [1.807, 2.05) is 30.3 Å². The van der Waals surface area contributed by atoms with Gasteiger partial charge in [0, 0.05) is 24.9 Å². The van der Waals surface area contributed by atoms with Crippen LogP contribution in [0.3, 0.4) is 0 Å². The van der Waals surface area contributed by atoms with Crippen LogP contribution in [-0.4, -0.2) is 24.4 Å². The summed E-state index contributed by atoms with van der Waals surface area (Å²) in [5, 5.41) is 5.57. The molecule has 0 fully saturated rings. The van der Waals surface area contributed by atoms with Crippen molar-refractivity contribution in [3.05, 3.63) is 59.5 Å². The van der Waals surface area contributed by atoms with Crippen molar-refractivity contribution >= 4 is 11.8 Å². The summed E-state index contributed by atoms with van der Waals surface area (Å²) in [4.78, 5) is 24.1. The smallest absolute Gasteiger partial charge is 0.252 e. The number of benzene rings is 1. The van der Waals surface area contributed by atoms with Crippen LogP contribution in [-0.2, 0) is 17.6 Å². The van der Waals surface area contributed by atoms with E-state index in [0.717, 1.165) is 11.3 Å². The van der Waals surface area contributed by atoms with Gasteiger partial charge < -0.3 is 15.1 Å². The first kappa shape index (κ1) is 13.4. The van der Waals surface area contributed by atoms with Crippen LogP contribution in [0.15, 0.2) is 47.1 Å². The molecule has 3 rings (SSSR count). The van der Waals surface area contributed by atoms with Crippen molar-refractivity contribution in [3.63, 3.8) is 0 Å². The lowest BCUT2D eigenvalue weighted by atomic mass is 9.95. The van der Waals surface area contributed by atoms with E-state index in [1.165, 1.54) is 0 Å². The molecule has 0 saturated heterocycles.